The molecule has 2 aromatic carbocycles. The maximum Gasteiger partial charge on any atom is 0.264 e. The Morgan fingerprint density at radius 1 is 1.16 bits per heavy atom. The second-order valence-electron chi connectivity index (χ2n) is 5.90. The zero-order chi connectivity index (χ0) is 18.2. The number of amides is 1. The number of hydrogen-bond donors (Lipinski definition) is 0. The normalized spacial score (nSPS) is 16.9. The van der Waals surface area contributed by atoms with E-state index < -0.39 is 10.0 Å². The molecule has 1 heterocycles. The topological polar surface area (TPSA) is 81.5 Å². The maximum atomic E-state index is 13.2. The summed E-state index contributed by atoms with van der Waals surface area (Å²) in [6, 6.07) is 14.5. The molecule has 3 rings (SSSR count). The van der Waals surface area contributed by atoms with Crippen molar-refractivity contribution in [1.82, 2.24) is 0 Å². The molecule has 7 heteroatoms. The maximum absolute atomic E-state index is 13.2. The van der Waals surface area contributed by atoms with E-state index in [4.69, 9.17) is 5.26 Å². The van der Waals surface area contributed by atoms with E-state index in [1.54, 1.807) is 41.3 Å². The Morgan fingerprint density at radius 3 is 2.48 bits per heavy atom. The molecule has 0 radical (unpaired) electrons. The van der Waals surface area contributed by atoms with Crippen LogP contribution in [-0.4, -0.2) is 26.9 Å². The van der Waals surface area contributed by atoms with Gasteiger partial charge in [0.15, 0.2) is 0 Å². The van der Waals surface area contributed by atoms with Crippen LogP contribution in [0, 0.1) is 11.3 Å². The Kier molecular flexibility index (Phi) is 4.23. The minimum atomic E-state index is -3.85. The van der Waals surface area contributed by atoms with E-state index in [1.807, 2.05) is 13.0 Å². The Labute approximate surface area is 147 Å². The van der Waals surface area contributed by atoms with Gasteiger partial charge in [-0.1, -0.05) is 18.2 Å². The van der Waals surface area contributed by atoms with Crippen molar-refractivity contribution >= 4 is 27.3 Å². The third-order valence-corrected chi connectivity index (χ3v) is 5.95. The molecular weight excluding hydrogens is 338 g/mol. The van der Waals surface area contributed by atoms with Crippen LogP contribution in [0.3, 0.4) is 0 Å². The molecule has 128 valence electrons. The SMILES string of the molecule is CC(=O)N1c2ccccc2N(S(=O)(=O)c2cccc(C#N)c2)C[C@@H]1C. The molecule has 0 saturated heterocycles. The van der Waals surface area contributed by atoms with Crippen LogP contribution >= 0.6 is 0 Å². The van der Waals surface area contributed by atoms with E-state index in [2.05, 4.69) is 0 Å². The molecular formula is C18H17N3O3S. The average Bonchev–Trinajstić information content (AvgIpc) is 2.60. The van der Waals surface area contributed by atoms with E-state index in [0.717, 1.165) is 0 Å². The first-order valence-electron chi connectivity index (χ1n) is 7.78. The van der Waals surface area contributed by atoms with Gasteiger partial charge in [0.2, 0.25) is 5.91 Å². The van der Waals surface area contributed by atoms with Crippen molar-refractivity contribution in [2.45, 2.75) is 24.8 Å². The fourth-order valence-electron chi connectivity index (χ4n) is 3.10. The molecule has 1 aliphatic rings. The number of fused-ring (bicyclic) bond motifs is 1. The van der Waals surface area contributed by atoms with Crippen molar-refractivity contribution < 1.29 is 13.2 Å². The van der Waals surface area contributed by atoms with Gasteiger partial charge in [-0.3, -0.25) is 9.10 Å². The number of carbonyl (C=O) groups is 1. The van der Waals surface area contributed by atoms with E-state index >= 15 is 0 Å². The highest BCUT2D eigenvalue weighted by Gasteiger charge is 2.36. The number of hydrogen-bond acceptors (Lipinski definition) is 4. The zero-order valence-corrected chi connectivity index (χ0v) is 14.7. The first-order chi connectivity index (χ1) is 11.9. The second kappa shape index (κ2) is 6.22. The number of rotatable bonds is 2. The molecule has 0 N–H and O–H groups in total. The first kappa shape index (κ1) is 17.0. The Bertz CT molecular complexity index is 979. The number of benzene rings is 2. The summed E-state index contributed by atoms with van der Waals surface area (Å²) in [5, 5.41) is 9.03. The van der Waals surface area contributed by atoms with E-state index in [1.165, 1.54) is 23.4 Å². The fraction of sp³-hybridized carbons (Fsp3) is 0.222. The van der Waals surface area contributed by atoms with Crippen LogP contribution in [0.1, 0.15) is 19.4 Å². The van der Waals surface area contributed by atoms with Gasteiger partial charge in [-0.15, -0.1) is 0 Å². The molecule has 6 nitrogen and oxygen atoms in total. The number of para-hydroxylation sites is 2. The predicted molar refractivity (Wildman–Crippen MR) is 94.8 cm³/mol. The van der Waals surface area contributed by atoms with Gasteiger partial charge >= 0.3 is 0 Å². The van der Waals surface area contributed by atoms with E-state index in [9.17, 15) is 13.2 Å². The molecule has 0 bridgehead atoms. The number of anilines is 2. The van der Waals surface area contributed by atoms with Crippen molar-refractivity contribution in [3.8, 4) is 6.07 Å². The van der Waals surface area contributed by atoms with Crippen LogP contribution in [-0.2, 0) is 14.8 Å². The fourth-order valence-corrected chi connectivity index (χ4v) is 4.70. The van der Waals surface area contributed by atoms with Gasteiger partial charge in [-0.2, -0.15) is 5.26 Å². The minimum Gasteiger partial charge on any atom is -0.306 e. The molecule has 1 atom stereocenters. The zero-order valence-electron chi connectivity index (χ0n) is 13.9. The lowest BCUT2D eigenvalue weighted by Crippen LogP contribution is -2.51. The van der Waals surface area contributed by atoms with Gasteiger partial charge in [0.1, 0.15) is 0 Å². The summed E-state index contributed by atoms with van der Waals surface area (Å²) in [6.07, 6.45) is 0. The van der Waals surface area contributed by atoms with Crippen LogP contribution in [0.4, 0.5) is 11.4 Å². The largest absolute Gasteiger partial charge is 0.306 e. The van der Waals surface area contributed by atoms with Crippen LogP contribution in [0.15, 0.2) is 53.4 Å². The van der Waals surface area contributed by atoms with Crippen molar-refractivity contribution in [2.75, 3.05) is 15.7 Å². The molecule has 0 aromatic heterocycles. The van der Waals surface area contributed by atoms with Crippen molar-refractivity contribution in [3.05, 3.63) is 54.1 Å². The lowest BCUT2D eigenvalue weighted by molar-refractivity contribution is -0.117. The number of sulfonamides is 1. The number of nitrogens with zero attached hydrogens (tertiary/aromatic N) is 3. The molecule has 0 fully saturated rings. The summed E-state index contributed by atoms with van der Waals surface area (Å²) < 4.78 is 27.6. The highest BCUT2D eigenvalue weighted by Crippen LogP contribution is 2.38. The van der Waals surface area contributed by atoms with Gasteiger partial charge < -0.3 is 4.90 Å². The summed E-state index contributed by atoms with van der Waals surface area (Å²) in [5.41, 5.74) is 1.30. The first-order valence-corrected chi connectivity index (χ1v) is 9.22. The number of nitriles is 1. The summed E-state index contributed by atoms with van der Waals surface area (Å²) >= 11 is 0. The third kappa shape index (κ3) is 2.85. The quantitative estimate of drug-likeness (QED) is 0.829. The monoisotopic (exact) mass is 355 g/mol. The molecule has 25 heavy (non-hydrogen) atoms. The van der Waals surface area contributed by atoms with Crippen molar-refractivity contribution in [1.29, 1.82) is 5.26 Å². The predicted octanol–water partition coefficient (Wildman–Crippen LogP) is 2.51. The summed E-state index contributed by atoms with van der Waals surface area (Å²) in [7, 11) is -3.85. The number of carbonyl (C=O) groups excluding carboxylic acids is 1. The summed E-state index contributed by atoms with van der Waals surface area (Å²) in [6.45, 7) is 3.43. The minimum absolute atomic E-state index is 0.0600. The van der Waals surface area contributed by atoms with Gasteiger partial charge in [-0.25, -0.2) is 8.42 Å². The third-order valence-electron chi connectivity index (χ3n) is 4.17. The van der Waals surface area contributed by atoms with Crippen molar-refractivity contribution in [2.24, 2.45) is 0 Å². The van der Waals surface area contributed by atoms with Gasteiger partial charge in [0.05, 0.1) is 40.5 Å². The summed E-state index contributed by atoms with van der Waals surface area (Å²) in [5.74, 6) is -0.136. The smallest absolute Gasteiger partial charge is 0.264 e. The molecule has 0 saturated carbocycles. The average molecular weight is 355 g/mol. The molecule has 0 spiro atoms. The van der Waals surface area contributed by atoms with Crippen molar-refractivity contribution in [3.63, 3.8) is 0 Å². The van der Waals surface area contributed by atoms with Crippen LogP contribution < -0.4 is 9.21 Å². The Hall–Kier alpha value is -2.85. The van der Waals surface area contributed by atoms with E-state index in [-0.39, 0.29) is 29.0 Å². The lowest BCUT2D eigenvalue weighted by atomic mass is 10.1. The lowest BCUT2D eigenvalue weighted by Gasteiger charge is -2.40. The molecule has 1 amide bonds. The van der Waals surface area contributed by atoms with Crippen LogP contribution in [0.5, 0.6) is 0 Å². The Morgan fingerprint density at radius 2 is 1.84 bits per heavy atom. The van der Waals surface area contributed by atoms with Gasteiger partial charge in [-0.05, 0) is 37.3 Å². The van der Waals surface area contributed by atoms with Gasteiger partial charge in [0.25, 0.3) is 10.0 Å². The highest BCUT2D eigenvalue weighted by molar-refractivity contribution is 7.92. The second-order valence-corrected chi connectivity index (χ2v) is 7.76. The molecule has 1 aliphatic heterocycles. The highest BCUT2D eigenvalue weighted by atomic mass is 32.2. The summed E-state index contributed by atoms with van der Waals surface area (Å²) in [4.78, 5) is 13.7. The Balaban J connectivity index is 2.15. The van der Waals surface area contributed by atoms with Gasteiger partial charge in [0, 0.05) is 6.92 Å². The molecule has 0 unspecified atom stereocenters. The van der Waals surface area contributed by atoms with Crippen LogP contribution in [0.2, 0.25) is 0 Å². The standard InChI is InChI=1S/C18H17N3O3S/c1-13-12-20(17-8-3-4-9-18(17)21(13)14(2)22)25(23,24)16-7-5-6-15(10-16)11-19/h3-10,13H,12H2,1-2H3/t13-/m0/s1. The van der Waals surface area contributed by atoms with E-state index in [0.29, 0.717) is 11.4 Å². The van der Waals surface area contributed by atoms with Crippen LogP contribution in [0.25, 0.3) is 0 Å². The molecule has 0 aliphatic carbocycles. The molecule has 2 aromatic rings.